The lowest BCUT2D eigenvalue weighted by Gasteiger charge is -2.27. The number of hydrogen-bond acceptors (Lipinski definition) is 4. The summed E-state index contributed by atoms with van der Waals surface area (Å²) < 4.78 is 7.69. The summed E-state index contributed by atoms with van der Waals surface area (Å²) in [5.41, 5.74) is 2.45. The van der Waals surface area contributed by atoms with Crippen molar-refractivity contribution in [1.29, 1.82) is 5.26 Å². The third kappa shape index (κ3) is 2.79. The quantitative estimate of drug-likeness (QED) is 0.794. The van der Waals surface area contributed by atoms with Crippen molar-refractivity contribution in [3.63, 3.8) is 0 Å². The van der Waals surface area contributed by atoms with E-state index >= 15 is 0 Å². The molecule has 0 aliphatic carbocycles. The molecule has 0 saturated heterocycles. The minimum absolute atomic E-state index is 0.0659. The Morgan fingerprint density at radius 3 is 2.81 bits per heavy atom. The van der Waals surface area contributed by atoms with Crippen LogP contribution in [0.3, 0.4) is 0 Å². The van der Waals surface area contributed by atoms with Crippen LogP contribution in [-0.4, -0.2) is 39.8 Å². The Labute approximate surface area is 125 Å². The van der Waals surface area contributed by atoms with Gasteiger partial charge in [0.25, 0.3) is 5.91 Å². The Morgan fingerprint density at radius 2 is 2.24 bits per heavy atom. The monoisotopic (exact) mass is 290 g/mol. The Hall–Kier alpha value is -1.87. The zero-order chi connectivity index (χ0) is 15.6. The van der Waals surface area contributed by atoms with Gasteiger partial charge in [-0.1, -0.05) is 0 Å². The van der Waals surface area contributed by atoms with Gasteiger partial charge in [0, 0.05) is 25.1 Å². The van der Waals surface area contributed by atoms with Crippen LogP contribution < -0.4 is 0 Å². The molecule has 0 N–H and O–H groups in total. The highest BCUT2D eigenvalue weighted by molar-refractivity contribution is 5.94. The maximum Gasteiger partial charge on any atom is 0.275 e. The molecular weight excluding hydrogens is 268 g/mol. The zero-order valence-electron chi connectivity index (χ0n) is 13.1. The van der Waals surface area contributed by atoms with Gasteiger partial charge >= 0.3 is 0 Å². The van der Waals surface area contributed by atoms with Crippen LogP contribution >= 0.6 is 0 Å². The van der Waals surface area contributed by atoms with Gasteiger partial charge in [-0.15, -0.1) is 0 Å². The van der Waals surface area contributed by atoms with E-state index in [1.807, 2.05) is 38.4 Å². The fourth-order valence-corrected chi connectivity index (χ4v) is 2.89. The van der Waals surface area contributed by atoms with Gasteiger partial charge in [0.05, 0.1) is 24.0 Å². The molecule has 1 amide bonds. The number of aromatic nitrogens is 2. The second kappa shape index (κ2) is 6.27. The van der Waals surface area contributed by atoms with Gasteiger partial charge in [0.15, 0.2) is 5.69 Å². The fraction of sp³-hybridized carbons (Fsp3) is 0.667. The number of nitriles is 1. The van der Waals surface area contributed by atoms with Crippen LogP contribution in [0, 0.1) is 11.3 Å². The molecule has 0 spiro atoms. The Balaban J connectivity index is 2.46. The largest absolute Gasteiger partial charge is 0.369 e. The highest BCUT2D eigenvalue weighted by Crippen LogP contribution is 2.32. The minimum Gasteiger partial charge on any atom is -0.369 e. The lowest BCUT2D eigenvalue weighted by molar-refractivity contribution is -0.00951. The summed E-state index contributed by atoms with van der Waals surface area (Å²) in [6, 6.07) is 2.03. The van der Waals surface area contributed by atoms with Crippen molar-refractivity contribution < 1.29 is 9.53 Å². The number of carbonyl (C=O) groups excluding carboxylic acids is 1. The van der Waals surface area contributed by atoms with E-state index < -0.39 is 0 Å². The number of ether oxygens (including phenoxy) is 1. The van der Waals surface area contributed by atoms with E-state index in [4.69, 9.17) is 10.00 Å². The molecule has 2 heterocycles. The first kappa shape index (κ1) is 15.5. The number of fused-ring (bicyclic) bond motifs is 1. The molecule has 6 nitrogen and oxygen atoms in total. The van der Waals surface area contributed by atoms with E-state index in [-0.39, 0.29) is 24.7 Å². The number of amides is 1. The maximum absolute atomic E-state index is 12.6. The molecule has 0 aromatic carbocycles. The zero-order valence-corrected chi connectivity index (χ0v) is 13.1. The van der Waals surface area contributed by atoms with Crippen molar-refractivity contribution in [2.75, 3.05) is 13.1 Å². The highest BCUT2D eigenvalue weighted by atomic mass is 16.5. The Bertz CT molecular complexity index is 573. The molecule has 1 aromatic rings. The number of hydrogen-bond donors (Lipinski definition) is 0. The average Bonchev–Trinajstić information content (AvgIpc) is 2.82. The third-order valence-corrected chi connectivity index (χ3v) is 3.84. The Morgan fingerprint density at radius 1 is 1.52 bits per heavy atom. The molecule has 1 aliphatic heterocycles. The predicted octanol–water partition coefficient (Wildman–Crippen LogP) is 1.91. The average molecular weight is 290 g/mol. The summed E-state index contributed by atoms with van der Waals surface area (Å²) in [4.78, 5) is 14.2. The number of rotatable bonds is 4. The molecule has 1 aromatic heterocycles. The first-order valence-electron chi connectivity index (χ1n) is 7.44. The van der Waals surface area contributed by atoms with E-state index in [2.05, 4.69) is 5.10 Å². The van der Waals surface area contributed by atoms with Crippen molar-refractivity contribution in [2.45, 2.75) is 52.9 Å². The van der Waals surface area contributed by atoms with E-state index in [1.54, 1.807) is 0 Å². The van der Waals surface area contributed by atoms with Crippen molar-refractivity contribution >= 4 is 5.91 Å². The minimum atomic E-state index is -0.163. The van der Waals surface area contributed by atoms with Gasteiger partial charge in [0.2, 0.25) is 0 Å². The first-order valence-corrected chi connectivity index (χ1v) is 7.44. The summed E-state index contributed by atoms with van der Waals surface area (Å²) in [5, 5.41) is 13.3. The molecular formula is C15H22N4O2. The van der Waals surface area contributed by atoms with Gasteiger partial charge in [-0.2, -0.15) is 10.4 Å². The lowest BCUT2D eigenvalue weighted by Crippen LogP contribution is -2.33. The van der Waals surface area contributed by atoms with Crippen LogP contribution in [0.4, 0.5) is 0 Å². The highest BCUT2D eigenvalue weighted by Gasteiger charge is 2.33. The molecule has 0 bridgehead atoms. The summed E-state index contributed by atoms with van der Waals surface area (Å²) in [6.07, 6.45) is 0.689. The van der Waals surface area contributed by atoms with Gasteiger partial charge in [-0.25, -0.2) is 0 Å². The second-order valence-corrected chi connectivity index (χ2v) is 5.30. The molecule has 21 heavy (non-hydrogen) atoms. The number of aryl methyl sites for hydroxylation is 1. The van der Waals surface area contributed by atoms with Gasteiger partial charge < -0.3 is 9.64 Å². The van der Waals surface area contributed by atoms with E-state index in [0.717, 1.165) is 11.3 Å². The SMILES string of the molecule is CCN(CC#N)C(=O)c1nn(CC)c2c1C[C@H](C)O[C@@H]2C. The van der Waals surface area contributed by atoms with E-state index in [1.165, 1.54) is 4.90 Å². The third-order valence-electron chi connectivity index (χ3n) is 3.84. The summed E-state index contributed by atoms with van der Waals surface area (Å²) in [6.45, 7) is 9.15. The molecule has 114 valence electrons. The van der Waals surface area contributed by atoms with Crippen LogP contribution in [0.15, 0.2) is 0 Å². The van der Waals surface area contributed by atoms with Gasteiger partial charge in [-0.05, 0) is 27.7 Å². The summed E-state index contributed by atoms with van der Waals surface area (Å²) in [5.74, 6) is -0.163. The smallest absolute Gasteiger partial charge is 0.275 e. The topological polar surface area (TPSA) is 71.2 Å². The van der Waals surface area contributed by atoms with Crippen molar-refractivity contribution in [2.24, 2.45) is 0 Å². The first-order chi connectivity index (χ1) is 10.0. The Kier molecular flexibility index (Phi) is 4.63. The molecule has 2 rings (SSSR count). The predicted molar refractivity (Wildman–Crippen MR) is 77.8 cm³/mol. The van der Waals surface area contributed by atoms with Crippen molar-refractivity contribution in [1.82, 2.24) is 14.7 Å². The number of nitrogens with zero attached hydrogens (tertiary/aromatic N) is 4. The molecule has 1 aliphatic rings. The molecule has 0 unspecified atom stereocenters. The second-order valence-electron chi connectivity index (χ2n) is 5.30. The molecule has 0 saturated carbocycles. The lowest BCUT2D eigenvalue weighted by atomic mass is 9.99. The van der Waals surface area contributed by atoms with Crippen molar-refractivity contribution in [3.8, 4) is 6.07 Å². The van der Waals surface area contributed by atoms with Gasteiger partial charge in [0.1, 0.15) is 6.54 Å². The van der Waals surface area contributed by atoms with Crippen LogP contribution in [-0.2, 0) is 17.7 Å². The normalized spacial score (nSPS) is 20.7. The molecule has 2 atom stereocenters. The van der Waals surface area contributed by atoms with E-state index in [0.29, 0.717) is 25.2 Å². The molecule has 0 radical (unpaired) electrons. The fourth-order valence-electron chi connectivity index (χ4n) is 2.89. The number of carbonyl (C=O) groups is 1. The van der Waals surface area contributed by atoms with E-state index in [9.17, 15) is 4.79 Å². The van der Waals surface area contributed by atoms with Crippen LogP contribution in [0.5, 0.6) is 0 Å². The van der Waals surface area contributed by atoms with Crippen molar-refractivity contribution in [3.05, 3.63) is 17.0 Å². The summed E-state index contributed by atoms with van der Waals surface area (Å²) in [7, 11) is 0. The van der Waals surface area contributed by atoms with Gasteiger partial charge in [-0.3, -0.25) is 9.48 Å². The van der Waals surface area contributed by atoms with Crippen LogP contribution in [0.25, 0.3) is 0 Å². The summed E-state index contributed by atoms with van der Waals surface area (Å²) >= 11 is 0. The van der Waals surface area contributed by atoms with Crippen LogP contribution in [0.1, 0.15) is 55.5 Å². The maximum atomic E-state index is 12.6. The molecule has 6 heteroatoms. The van der Waals surface area contributed by atoms with Crippen LogP contribution in [0.2, 0.25) is 0 Å². The standard InChI is InChI=1S/C15H22N4O2/c1-5-18(8-7-16)15(20)13-12-9-10(3)21-11(4)14(12)19(6-2)17-13/h10-11H,5-6,8-9H2,1-4H3/t10-,11+/m0/s1. The molecule has 0 fully saturated rings.